The number of Topliss-reactive ketones (excluding diaryl/α,β-unsaturated/α-hetero) is 1. The maximum absolute atomic E-state index is 12.9. The summed E-state index contributed by atoms with van der Waals surface area (Å²) < 4.78 is 28.7. The molecule has 1 spiro atoms. The maximum atomic E-state index is 12.9. The highest BCUT2D eigenvalue weighted by Gasteiger charge is 2.88. The first-order chi connectivity index (χ1) is 14.4. The van der Waals surface area contributed by atoms with E-state index in [9.17, 15) is 24.3 Å². The zero-order valence-corrected chi connectivity index (χ0v) is 18.0. The van der Waals surface area contributed by atoms with Crippen molar-refractivity contribution < 1.29 is 48.0 Å². The number of hydrogen-bond donors (Lipinski definition) is 1. The molecule has 2 bridgehead atoms. The standard InChI is InChI=1S/C21H26O10/c1-9-6-13-20(7-27-10(2)22,16(26)14(9)25)19(5)17(30-12(4)24)15(29-11(3)23)18(31-13)21(19)8-28-21/h6,13,15-18,26H,7-8H2,1-5H3. The molecule has 1 N–H and O–H groups in total. The molecule has 2 saturated heterocycles. The SMILES string of the molecule is CC(=O)OCC12C(C=C(C)C(=O)C1O)OC1C(OC(C)=O)C(OC(C)=O)C2(C)C12CO2. The van der Waals surface area contributed by atoms with Gasteiger partial charge in [0.15, 0.2) is 18.0 Å². The lowest BCUT2D eigenvalue weighted by Crippen LogP contribution is -2.72. The van der Waals surface area contributed by atoms with Crippen molar-refractivity contribution in [3.63, 3.8) is 0 Å². The molecule has 170 valence electrons. The Morgan fingerprint density at radius 2 is 1.77 bits per heavy atom. The second kappa shape index (κ2) is 6.85. The minimum atomic E-state index is -1.64. The molecule has 0 aromatic carbocycles. The Bertz CT molecular complexity index is 889. The smallest absolute Gasteiger partial charge is 0.303 e. The number of esters is 3. The zero-order valence-electron chi connectivity index (χ0n) is 18.0. The molecule has 1 saturated carbocycles. The number of carbonyl (C=O) groups is 4. The van der Waals surface area contributed by atoms with E-state index in [0.29, 0.717) is 5.57 Å². The molecule has 10 nitrogen and oxygen atoms in total. The van der Waals surface area contributed by atoms with Crippen LogP contribution in [0.25, 0.3) is 0 Å². The molecule has 0 aromatic rings. The third kappa shape index (κ3) is 2.68. The quantitative estimate of drug-likeness (QED) is 0.358. The molecule has 3 fully saturated rings. The largest absolute Gasteiger partial charge is 0.465 e. The second-order valence-corrected chi connectivity index (χ2v) is 8.90. The number of hydrogen-bond acceptors (Lipinski definition) is 10. The van der Waals surface area contributed by atoms with Crippen molar-refractivity contribution in [1.29, 1.82) is 0 Å². The minimum absolute atomic E-state index is 0.168. The van der Waals surface area contributed by atoms with Gasteiger partial charge in [0.1, 0.15) is 24.4 Å². The van der Waals surface area contributed by atoms with Crippen LogP contribution < -0.4 is 0 Å². The number of carbonyl (C=O) groups excluding carboxylic acids is 4. The van der Waals surface area contributed by atoms with Crippen LogP contribution in [0.5, 0.6) is 0 Å². The molecule has 31 heavy (non-hydrogen) atoms. The Balaban J connectivity index is 1.96. The average Bonchev–Trinajstić information content (AvgIpc) is 3.45. The van der Waals surface area contributed by atoms with E-state index in [4.69, 9.17) is 23.7 Å². The zero-order chi connectivity index (χ0) is 22.9. The molecule has 8 atom stereocenters. The molecule has 2 aliphatic heterocycles. The molecular weight excluding hydrogens is 412 g/mol. The Hall–Kier alpha value is -2.30. The van der Waals surface area contributed by atoms with Crippen molar-refractivity contribution in [1.82, 2.24) is 0 Å². The highest BCUT2D eigenvalue weighted by molar-refractivity contribution is 6.00. The first kappa shape index (κ1) is 21.9. The second-order valence-electron chi connectivity index (χ2n) is 8.90. The molecule has 8 unspecified atom stereocenters. The third-order valence-electron chi connectivity index (χ3n) is 7.36. The topological polar surface area (TPSA) is 138 Å². The van der Waals surface area contributed by atoms with Gasteiger partial charge in [0.05, 0.1) is 23.5 Å². The summed E-state index contributed by atoms with van der Waals surface area (Å²) in [6.07, 6.45) is -3.92. The van der Waals surface area contributed by atoms with Gasteiger partial charge in [-0.2, -0.15) is 0 Å². The van der Waals surface area contributed by atoms with Gasteiger partial charge in [-0.15, -0.1) is 0 Å². The van der Waals surface area contributed by atoms with Crippen molar-refractivity contribution >= 4 is 23.7 Å². The lowest BCUT2D eigenvalue weighted by atomic mass is 9.50. The summed E-state index contributed by atoms with van der Waals surface area (Å²) in [4.78, 5) is 48.6. The Kier molecular flexibility index (Phi) is 4.84. The molecular formula is C21H26O10. The number of fused-ring (bicyclic) bond motifs is 2. The normalized spacial score (nSPS) is 44.9. The summed E-state index contributed by atoms with van der Waals surface area (Å²) >= 11 is 0. The fourth-order valence-corrected chi connectivity index (χ4v) is 5.85. The van der Waals surface area contributed by atoms with E-state index in [1.165, 1.54) is 20.8 Å². The molecule has 0 radical (unpaired) electrons. The minimum Gasteiger partial charge on any atom is -0.465 e. The fourth-order valence-electron chi connectivity index (χ4n) is 5.85. The van der Waals surface area contributed by atoms with Crippen molar-refractivity contribution in [3.05, 3.63) is 11.6 Å². The summed E-state index contributed by atoms with van der Waals surface area (Å²) in [6.45, 7) is 6.68. The molecule has 4 rings (SSSR count). The van der Waals surface area contributed by atoms with E-state index in [0.717, 1.165) is 0 Å². The van der Waals surface area contributed by atoms with Crippen LogP contribution in [0, 0.1) is 10.8 Å². The number of ether oxygens (including phenoxy) is 5. The van der Waals surface area contributed by atoms with Crippen LogP contribution in [-0.4, -0.2) is 78.1 Å². The van der Waals surface area contributed by atoms with Gasteiger partial charge in [-0.05, 0) is 18.6 Å². The van der Waals surface area contributed by atoms with Crippen LogP contribution in [0.15, 0.2) is 11.6 Å². The van der Waals surface area contributed by atoms with E-state index in [-0.39, 0.29) is 13.2 Å². The van der Waals surface area contributed by atoms with Crippen LogP contribution in [0.3, 0.4) is 0 Å². The highest BCUT2D eigenvalue weighted by atomic mass is 16.7. The van der Waals surface area contributed by atoms with E-state index in [2.05, 4.69) is 0 Å². The molecule has 0 aromatic heterocycles. The molecule has 4 aliphatic rings. The Labute approximate surface area is 178 Å². The van der Waals surface area contributed by atoms with Crippen LogP contribution in [0.1, 0.15) is 34.6 Å². The van der Waals surface area contributed by atoms with Gasteiger partial charge in [0.25, 0.3) is 0 Å². The number of ketones is 1. The van der Waals surface area contributed by atoms with Gasteiger partial charge in [-0.3, -0.25) is 19.2 Å². The van der Waals surface area contributed by atoms with Crippen LogP contribution in [-0.2, 0) is 42.9 Å². The lowest BCUT2D eigenvalue weighted by molar-refractivity contribution is -0.257. The van der Waals surface area contributed by atoms with E-state index < -0.39 is 70.6 Å². The first-order valence-electron chi connectivity index (χ1n) is 10.1. The van der Waals surface area contributed by atoms with Crippen LogP contribution in [0.4, 0.5) is 0 Å². The van der Waals surface area contributed by atoms with Crippen LogP contribution in [0.2, 0.25) is 0 Å². The van der Waals surface area contributed by atoms with E-state index in [1.807, 2.05) is 0 Å². The summed E-state index contributed by atoms with van der Waals surface area (Å²) in [5.74, 6) is -2.43. The third-order valence-corrected chi connectivity index (χ3v) is 7.36. The first-order valence-corrected chi connectivity index (χ1v) is 10.1. The predicted molar refractivity (Wildman–Crippen MR) is 100 cm³/mol. The number of aliphatic hydroxyl groups excluding tert-OH is 1. The molecule has 2 aliphatic carbocycles. The van der Waals surface area contributed by atoms with Crippen molar-refractivity contribution in [3.8, 4) is 0 Å². The van der Waals surface area contributed by atoms with Gasteiger partial charge in [0.2, 0.25) is 0 Å². The summed E-state index contributed by atoms with van der Waals surface area (Å²) in [7, 11) is 0. The Morgan fingerprint density at radius 3 is 2.29 bits per heavy atom. The lowest BCUT2D eigenvalue weighted by Gasteiger charge is -2.58. The maximum Gasteiger partial charge on any atom is 0.303 e. The van der Waals surface area contributed by atoms with Gasteiger partial charge < -0.3 is 28.8 Å². The van der Waals surface area contributed by atoms with Gasteiger partial charge in [0, 0.05) is 20.8 Å². The van der Waals surface area contributed by atoms with Gasteiger partial charge in [-0.1, -0.05) is 6.92 Å². The number of aliphatic hydroxyl groups is 1. The van der Waals surface area contributed by atoms with E-state index >= 15 is 0 Å². The molecule has 10 heteroatoms. The van der Waals surface area contributed by atoms with Gasteiger partial charge in [-0.25, -0.2) is 0 Å². The highest BCUT2D eigenvalue weighted by Crippen LogP contribution is 2.72. The van der Waals surface area contributed by atoms with Gasteiger partial charge >= 0.3 is 17.9 Å². The van der Waals surface area contributed by atoms with Crippen molar-refractivity contribution in [2.24, 2.45) is 10.8 Å². The predicted octanol–water partition coefficient (Wildman–Crippen LogP) is -0.154. The van der Waals surface area contributed by atoms with Crippen molar-refractivity contribution in [2.75, 3.05) is 13.2 Å². The van der Waals surface area contributed by atoms with Crippen molar-refractivity contribution in [2.45, 2.75) is 70.7 Å². The average molecular weight is 438 g/mol. The van der Waals surface area contributed by atoms with Crippen LogP contribution >= 0.6 is 0 Å². The summed E-state index contributed by atoms with van der Waals surface area (Å²) in [5, 5.41) is 11.3. The summed E-state index contributed by atoms with van der Waals surface area (Å²) in [6, 6.07) is 0. The monoisotopic (exact) mass is 438 g/mol. The Morgan fingerprint density at radius 1 is 1.16 bits per heavy atom. The van der Waals surface area contributed by atoms with E-state index in [1.54, 1.807) is 19.9 Å². The number of rotatable bonds is 4. The fraction of sp³-hybridized carbons (Fsp3) is 0.714. The number of epoxide rings is 1. The summed E-state index contributed by atoms with van der Waals surface area (Å²) in [5.41, 5.74) is -3.65. The molecule has 2 heterocycles. The molecule has 0 amide bonds.